The van der Waals surface area contributed by atoms with Gasteiger partial charge in [0.2, 0.25) is 0 Å². The van der Waals surface area contributed by atoms with Crippen LogP contribution in [0.1, 0.15) is 90.6 Å². The van der Waals surface area contributed by atoms with Crippen LogP contribution in [0.3, 0.4) is 0 Å². The van der Waals surface area contributed by atoms with Gasteiger partial charge in [-0.3, -0.25) is 0 Å². The van der Waals surface area contributed by atoms with Crippen molar-refractivity contribution < 1.29 is 37.3 Å². The maximum absolute atomic E-state index is 13.3. The van der Waals surface area contributed by atoms with E-state index in [0.717, 1.165) is 36.8 Å². The van der Waals surface area contributed by atoms with E-state index < -0.39 is 11.2 Å². The lowest BCUT2D eigenvalue weighted by Gasteiger charge is -2.28. The molecule has 10 heteroatoms. The minimum atomic E-state index is -0.503. The Morgan fingerprint density at radius 3 is 1.43 bits per heavy atom. The van der Waals surface area contributed by atoms with Gasteiger partial charge in [0, 0.05) is 13.1 Å². The highest BCUT2D eigenvalue weighted by molar-refractivity contribution is 5.69. The Kier molecular flexibility index (Phi) is 9.23. The van der Waals surface area contributed by atoms with Crippen LogP contribution in [0.25, 0.3) is 0 Å². The van der Waals surface area contributed by atoms with Gasteiger partial charge in [-0.1, -0.05) is 24.3 Å². The number of nitrogens with zero attached hydrogens (tertiary/aromatic N) is 2. The van der Waals surface area contributed by atoms with Crippen LogP contribution in [-0.2, 0) is 18.9 Å². The van der Waals surface area contributed by atoms with E-state index in [-0.39, 0.29) is 60.3 Å². The second kappa shape index (κ2) is 12.6. The Balaban J connectivity index is 0.000000175. The average Bonchev–Trinajstić information content (AvgIpc) is 3.79. The third-order valence-corrected chi connectivity index (χ3v) is 8.02. The Labute approximate surface area is 258 Å². The number of carbonyl (C=O) groups is 2. The molecular formula is C34H44F2N2O6. The molecule has 0 aromatic heterocycles. The minimum Gasteiger partial charge on any atom is -0.444 e. The van der Waals surface area contributed by atoms with Crippen LogP contribution in [-0.4, -0.2) is 70.6 Å². The first-order valence-corrected chi connectivity index (χ1v) is 15.5. The summed E-state index contributed by atoms with van der Waals surface area (Å²) in [4.78, 5) is 28.1. The summed E-state index contributed by atoms with van der Waals surface area (Å²) in [5.74, 6) is -0.524. The Morgan fingerprint density at radius 2 is 1.09 bits per heavy atom. The first-order chi connectivity index (χ1) is 20.7. The molecule has 0 spiro atoms. The van der Waals surface area contributed by atoms with Crippen molar-refractivity contribution >= 4 is 12.2 Å². The van der Waals surface area contributed by atoms with E-state index >= 15 is 0 Å². The van der Waals surface area contributed by atoms with E-state index in [1.807, 2.05) is 53.7 Å². The van der Waals surface area contributed by atoms with Gasteiger partial charge in [0.1, 0.15) is 47.3 Å². The number of ether oxygens (including phenoxy) is 4. The van der Waals surface area contributed by atoms with Gasteiger partial charge in [0.25, 0.3) is 0 Å². The van der Waals surface area contributed by atoms with Gasteiger partial charge in [0.15, 0.2) is 0 Å². The molecule has 6 atom stereocenters. The van der Waals surface area contributed by atoms with Crippen molar-refractivity contribution in [3.63, 3.8) is 0 Å². The second-order valence-corrected chi connectivity index (χ2v) is 13.9. The van der Waals surface area contributed by atoms with Crippen LogP contribution < -0.4 is 0 Å². The summed E-state index contributed by atoms with van der Waals surface area (Å²) in [5, 5.41) is 0. The lowest BCUT2D eigenvalue weighted by Crippen LogP contribution is -2.42. The van der Waals surface area contributed by atoms with E-state index in [1.165, 1.54) is 24.3 Å². The molecule has 4 aliphatic heterocycles. The van der Waals surface area contributed by atoms with Crippen molar-refractivity contribution in [1.82, 2.24) is 9.80 Å². The van der Waals surface area contributed by atoms with E-state index in [4.69, 9.17) is 18.9 Å². The molecule has 0 radical (unpaired) electrons. The quantitative estimate of drug-likeness (QED) is 0.336. The third-order valence-electron chi connectivity index (χ3n) is 8.02. The first kappa shape index (κ1) is 32.2. The van der Waals surface area contributed by atoms with Crippen LogP contribution in [0.5, 0.6) is 0 Å². The highest BCUT2D eigenvalue weighted by atomic mass is 19.1. The predicted octanol–water partition coefficient (Wildman–Crippen LogP) is 7.33. The fourth-order valence-corrected chi connectivity index (χ4v) is 6.10. The van der Waals surface area contributed by atoms with Gasteiger partial charge >= 0.3 is 12.2 Å². The highest BCUT2D eigenvalue weighted by Gasteiger charge is 2.52. The molecule has 6 rings (SSSR count). The largest absolute Gasteiger partial charge is 0.444 e. The topological polar surface area (TPSA) is 84.1 Å². The summed E-state index contributed by atoms with van der Waals surface area (Å²) < 4.78 is 49.0. The Hall–Kier alpha value is -3.24. The van der Waals surface area contributed by atoms with E-state index in [1.54, 1.807) is 21.9 Å². The van der Waals surface area contributed by atoms with E-state index in [2.05, 4.69) is 0 Å². The fraction of sp³-hybridized carbons (Fsp3) is 0.588. The normalized spacial score (nSPS) is 27.8. The molecule has 4 heterocycles. The number of hydrogen-bond donors (Lipinski definition) is 0. The van der Waals surface area contributed by atoms with Crippen LogP contribution in [0.2, 0.25) is 0 Å². The van der Waals surface area contributed by atoms with Crippen molar-refractivity contribution in [2.75, 3.05) is 13.1 Å². The Bertz CT molecular complexity index is 1240. The summed E-state index contributed by atoms with van der Waals surface area (Å²) in [5.41, 5.74) is 0.662. The summed E-state index contributed by atoms with van der Waals surface area (Å²) in [6.07, 6.45) is 2.75. The molecule has 4 saturated heterocycles. The summed E-state index contributed by atoms with van der Waals surface area (Å²) in [6, 6.07) is 13.0. The average molecular weight is 615 g/mol. The molecule has 240 valence electrons. The molecule has 4 aliphatic rings. The van der Waals surface area contributed by atoms with Gasteiger partial charge in [-0.2, -0.15) is 0 Å². The number of amides is 2. The van der Waals surface area contributed by atoms with Crippen LogP contribution in [0, 0.1) is 11.6 Å². The SMILES string of the molecule is CC(C)(C)OC(=O)N1CCC[C@@H]1C1O[C@@H]1c1cccc(F)c1.CC(C)(C)OC(=O)N1CCC[C@@H]1[C@@H]1O[C@H]1c1cccc(F)c1. The van der Waals surface area contributed by atoms with Crippen molar-refractivity contribution in [2.45, 2.75) is 115 Å². The molecule has 44 heavy (non-hydrogen) atoms. The monoisotopic (exact) mass is 614 g/mol. The molecule has 0 saturated carbocycles. The molecule has 8 nitrogen and oxygen atoms in total. The zero-order valence-electron chi connectivity index (χ0n) is 26.4. The fourth-order valence-electron chi connectivity index (χ4n) is 6.10. The van der Waals surface area contributed by atoms with Gasteiger partial charge < -0.3 is 28.7 Å². The standard InChI is InChI=1S/2C17H22FNO3/c2*1-17(2,3)22-16(20)19-9-5-8-13(19)15-14(21-15)11-6-4-7-12(18)10-11/h2*4,6-7,10,13-15H,5,8-9H2,1-3H3/t13-,14+,15+;13-,14-,15?/m11/s1. The van der Waals surface area contributed by atoms with Crippen LogP contribution >= 0.6 is 0 Å². The molecule has 0 aliphatic carbocycles. The molecule has 2 amide bonds. The third kappa shape index (κ3) is 8.07. The minimum absolute atomic E-state index is 0.0168. The van der Waals surface area contributed by atoms with E-state index in [0.29, 0.717) is 13.1 Å². The molecule has 4 fully saturated rings. The number of epoxide rings is 2. The maximum Gasteiger partial charge on any atom is 0.410 e. The molecule has 2 aromatic rings. The summed E-state index contributed by atoms with van der Waals surface area (Å²) >= 11 is 0. The zero-order valence-corrected chi connectivity index (χ0v) is 26.4. The van der Waals surface area contributed by atoms with Crippen molar-refractivity contribution in [1.29, 1.82) is 0 Å². The zero-order chi connectivity index (χ0) is 31.8. The molecule has 0 bridgehead atoms. The number of likely N-dealkylation sites (tertiary alicyclic amines) is 2. The van der Waals surface area contributed by atoms with Crippen molar-refractivity contribution in [2.24, 2.45) is 0 Å². The van der Waals surface area contributed by atoms with Gasteiger partial charge in [-0.15, -0.1) is 0 Å². The maximum atomic E-state index is 13.3. The number of carbonyl (C=O) groups excluding carboxylic acids is 2. The number of benzene rings is 2. The van der Waals surface area contributed by atoms with Gasteiger partial charge in [0.05, 0.1) is 12.1 Å². The van der Waals surface area contributed by atoms with Crippen LogP contribution in [0.4, 0.5) is 18.4 Å². The van der Waals surface area contributed by atoms with Gasteiger partial charge in [-0.25, -0.2) is 18.4 Å². The first-order valence-electron chi connectivity index (χ1n) is 15.5. The molecule has 1 unspecified atom stereocenters. The number of rotatable bonds is 4. The van der Waals surface area contributed by atoms with Crippen molar-refractivity contribution in [3.05, 3.63) is 71.3 Å². The lowest BCUT2D eigenvalue weighted by atomic mass is 10.0. The Morgan fingerprint density at radius 1 is 0.705 bits per heavy atom. The van der Waals surface area contributed by atoms with E-state index in [9.17, 15) is 18.4 Å². The van der Waals surface area contributed by atoms with Gasteiger partial charge in [-0.05, 0) is 103 Å². The number of hydrogen-bond acceptors (Lipinski definition) is 6. The summed E-state index contributed by atoms with van der Waals surface area (Å²) in [7, 11) is 0. The predicted molar refractivity (Wildman–Crippen MR) is 160 cm³/mol. The smallest absolute Gasteiger partial charge is 0.410 e. The van der Waals surface area contributed by atoms with Crippen molar-refractivity contribution in [3.8, 4) is 0 Å². The molecule has 2 aromatic carbocycles. The second-order valence-electron chi connectivity index (χ2n) is 13.9. The molecule has 0 N–H and O–H groups in total. The molecular weight excluding hydrogens is 570 g/mol. The summed E-state index contributed by atoms with van der Waals surface area (Å²) in [6.45, 7) is 12.5. The lowest BCUT2D eigenvalue weighted by molar-refractivity contribution is 0.0194. The number of halogens is 2. The van der Waals surface area contributed by atoms with Crippen LogP contribution in [0.15, 0.2) is 48.5 Å². The highest BCUT2D eigenvalue weighted by Crippen LogP contribution is 2.46.